The van der Waals surface area contributed by atoms with Crippen LogP contribution >= 0.6 is 0 Å². The van der Waals surface area contributed by atoms with Gasteiger partial charge in [-0.2, -0.15) is 0 Å². The van der Waals surface area contributed by atoms with Crippen LogP contribution in [-0.4, -0.2) is 43.3 Å². The first-order valence-corrected chi connectivity index (χ1v) is 6.19. The van der Waals surface area contributed by atoms with Gasteiger partial charge in [0, 0.05) is 13.1 Å². The molecule has 3 nitrogen and oxygen atoms in total. The van der Waals surface area contributed by atoms with Crippen molar-refractivity contribution in [3.63, 3.8) is 0 Å². The number of hydrogen-bond acceptors (Lipinski definition) is 3. The fourth-order valence-electron chi connectivity index (χ4n) is 2.11. The Labute approximate surface area is 94.0 Å². The lowest BCUT2D eigenvalue weighted by molar-refractivity contribution is -0.0791. The van der Waals surface area contributed by atoms with Crippen LogP contribution in [0.1, 0.15) is 33.6 Å². The van der Waals surface area contributed by atoms with Crippen LogP contribution in [0.5, 0.6) is 0 Å². The molecule has 0 aromatic rings. The van der Waals surface area contributed by atoms with Crippen LogP contribution in [0.2, 0.25) is 0 Å². The summed E-state index contributed by atoms with van der Waals surface area (Å²) in [5.41, 5.74) is 5.57. The van der Waals surface area contributed by atoms with Crippen molar-refractivity contribution in [2.24, 2.45) is 11.7 Å². The summed E-state index contributed by atoms with van der Waals surface area (Å²) in [6.45, 7) is 10.8. The third-order valence-corrected chi connectivity index (χ3v) is 2.91. The number of rotatable bonds is 5. The molecule has 1 aliphatic rings. The Morgan fingerprint density at radius 3 is 2.73 bits per heavy atom. The Hall–Kier alpha value is -0.120. The lowest BCUT2D eigenvalue weighted by atomic mass is 10.1. The van der Waals surface area contributed by atoms with E-state index in [1.807, 2.05) is 0 Å². The minimum absolute atomic E-state index is 0.353. The van der Waals surface area contributed by atoms with Crippen LogP contribution in [0.3, 0.4) is 0 Å². The van der Waals surface area contributed by atoms with Gasteiger partial charge in [-0.25, -0.2) is 0 Å². The molecule has 0 aliphatic carbocycles. The third-order valence-electron chi connectivity index (χ3n) is 2.91. The predicted octanol–water partition coefficient (Wildman–Crippen LogP) is 1.47. The topological polar surface area (TPSA) is 38.5 Å². The fourth-order valence-corrected chi connectivity index (χ4v) is 2.11. The Morgan fingerprint density at radius 1 is 1.40 bits per heavy atom. The highest BCUT2D eigenvalue weighted by Gasteiger charge is 2.24. The van der Waals surface area contributed by atoms with Gasteiger partial charge in [-0.3, -0.25) is 4.90 Å². The van der Waals surface area contributed by atoms with Gasteiger partial charge in [-0.05, 0) is 38.8 Å². The van der Waals surface area contributed by atoms with E-state index in [-0.39, 0.29) is 0 Å². The maximum absolute atomic E-state index is 5.84. The van der Waals surface area contributed by atoms with Crippen LogP contribution in [0.4, 0.5) is 0 Å². The van der Waals surface area contributed by atoms with E-state index in [4.69, 9.17) is 10.5 Å². The average molecular weight is 214 g/mol. The highest BCUT2D eigenvalue weighted by Crippen LogP contribution is 2.14. The SMILES string of the molecule is CC(C)CCN1CC(C)OC(CCN)C1. The number of nitrogens with zero attached hydrogens (tertiary/aromatic N) is 1. The number of hydrogen-bond donors (Lipinski definition) is 1. The van der Waals surface area contributed by atoms with Crippen molar-refractivity contribution < 1.29 is 4.74 Å². The molecule has 1 saturated heterocycles. The minimum Gasteiger partial charge on any atom is -0.373 e. The highest BCUT2D eigenvalue weighted by atomic mass is 16.5. The molecule has 0 radical (unpaired) electrons. The molecule has 15 heavy (non-hydrogen) atoms. The molecule has 3 heteroatoms. The van der Waals surface area contributed by atoms with Gasteiger partial charge in [-0.15, -0.1) is 0 Å². The molecule has 1 fully saturated rings. The molecule has 0 aromatic carbocycles. The van der Waals surface area contributed by atoms with Gasteiger partial charge in [-0.1, -0.05) is 13.8 Å². The van der Waals surface area contributed by atoms with Crippen LogP contribution < -0.4 is 5.73 Å². The molecule has 2 atom stereocenters. The van der Waals surface area contributed by atoms with E-state index < -0.39 is 0 Å². The summed E-state index contributed by atoms with van der Waals surface area (Å²) in [4.78, 5) is 2.52. The summed E-state index contributed by atoms with van der Waals surface area (Å²) in [6, 6.07) is 0. The van der Waals surface area contributed by atoms with Gasteiger partial charge in [0.15, 0.2) is 0 Å². The van der Waals surface area contributed by atoms with E-state index in [1.54, 1.807) is 0 Å². The molecule has 0 saturated carbocycles. The molecule has 0 aromatic heterocycles. The van der Waals surface area contributed by atoms with E-state index in [0.717, 1.165) is 32.0 Å². The van der Waals surface area contributed by atoms with E-state index >= 15 is 0 Å². The standard InChI is InChI=1S/C12H26N2O/c1-10(2)5-7-14-8-11(3)15-12(9-14)4-6-13/h10-12H,4-9,13H2,1-3H3. The van der Waals surface area contributed by atoms with Crippen LogP contribution in [0.25, 0.3) is 0 Å². The first-order chi connectivity index (χ1) is 7.11. The molecule has 1 aliphatic heterocycles. The summed E-state index contributed by atoms with van der Waals surface area (Å²) in [5, 5.41) is 0. The Bertz CT molecular complexity index is 173. The van der Waals surface area contributed by atoms with E-state index in [2.05, 4.69) is 25.7 Å². The molecule has 2 unspecified atom stereocenters. The zero-order valence-corrected chi connectivity index (χ0v) is 10.4. The van der Waals surface area contributed by atoms with E-state index in [1.165, 1.54) is 13.0 Å². The van der Waals surface area contributed by atoms with Crippen molar-refractivity contribution in [3.05, 3.63) is 0 Å². The van der Waals surface area contributed by atoms with E-state index in [9.17, 15) is 0 Å². The first kappa shape index (κ1) is 12.9. The normalized spacial score (nSPS) is 28.6. The van der Waals surface area contributed by atoms with Crippen molar-refractivity contribution in [1.82, 2.24) is 4.90 Å². The van der Waals surface area contributed by atoms with Gasteiger partial charge in [0.05, 0.1) is 12.2 Å². The maximum atomic E-state index is 5.84. The highest BCUT2D eigenvalue weighted by molar-refractivity contribution is 4.76. The smallest absolute Gasteiger partial charge is 0.0718 e. The number of nitrogens with two attached hydrogens (primary N) is 1. The molecule has 90 valence electrons. The van der Waals surface area contributed by atoms with E-state index in [0.29, 0.717) is 12.2 Å². The zero-order chi connectivity index (χ0) is 11.3. The first-order valence-electron chi connectivity index (χ1n) is 6.19. The van der Waals surface area contributed by atoms with Gasteiger partial charge < -0.3 is 10.5 Å². The van der Waals surface area contributed by atoms with Crippen molar-refractivity contribution in [2.75, 3.05) is 26.2 Å². The second kappa shape index (κ2) is 6.46. The molecular formula is C12H26N2O. The molecule has 0 spiro atoms. The quantitative estimate of drug-likeness (QED) is 0.753. The summed E-state index contributed by atoms with van der Waals surface area (Å²) < 4.78 is 5.84. The Morgan fingerprint density at radius 2 is 2.13 bits per heavy atom. The summed E-state index contributed by atoms with van der Waals surface area (Å²) in [6.07, 6.45) is 2.98. The second-order valence-electron chi connectivity index (χ2n) is 5.09. The third kappa shape index (κ3) is 4.96. The van der Waals surface area contributed by atoms with Gasteiger partial charge in [0.2, 0.25) is 0 Å². The number of ether oxygens (including phenoxy) is 1. The summed E-state index contributed by atoms with van der Waals surface area (Å²) in [7, 11) is 0. The zero-order valence-electron chi connectivity index (χ0n) is 10.4. The fraction of sp³-hybridized carbons (Fsp3) is 1.00. The Kier molecular flexibility index (Phi) is 5.58. The largest absolute Gasteiger partial charge is 0.373 e. The van der Waals surface area contributed by atoms with Crippen LogP contribution in [0.15, 0.2) is 0 Å². The van der Waals surface area contributed by atoms with Gasteiger partial charge in [0.1, 0.15) is 0 Å². The maximum Gasteiger partial charge on any atom is 0.0718 e. The van der Waals surface area contributed by atoms with Crippen LogP contribution in [-0.2, 0) is 4.74 Å². The lowest BCUT2D eigenvalue weighted by Gasteiger charge is -2.37. The monoisotopic (exact) mass is 214 g/mol. The van der Waals surface area contributed by atoms with Crippen molar-refractivity contribution in [3.8, 4) is 0 Å². The molecule has 0 amide bonds. The average Bonchev–Trinajstić information content (AvgIpc) is 2.14. The van der Waals surface area contributed by atoms with Crippen molar-refractivity contribution in [2.45, 2.75) is 45.8 Å². The second-order valence-corrected chi connectivity index (χ2v) is 5.09. The molecule has 0 bridgehead atoms. The predicted molar refractivity (Wildman–Crippen MR) is 63.9 cm³/mol. The Balaban J connectivity index is 2.31. The van der Waals surface area contributed by atoms with Crippen molar-refractivity contribution in [1.29, 1.82) is 0 Å². The summed E-state index contributed by atoms with van der Waals surface area (Å²) >= 11 is 0. The molecular weight excluding hydrogens is 188 g/mol. The molecule has 1 heterocycles. The summed E-state index contributed by atoms with van der Waals surface area (Å²) in [5.74, 6) is 0.788. The molecule has 1 rings (SSSR count). The minimum atomic E-state index is 0.353. The molecule has 2 N–H and O–H groups in total. The number of morpholine rings is 1. The van der Waals surface area contributed by atoms with Gasteiger partial charge in [0.25, 0.3) is 0 Å². The lowest BCUT2D eigenvalue weighted by Crippen LogP contribution is -2.47. The van der Waals surface area contributed by atoms with Gasteiger partial charge >= 0.3 is 0 Å². The van der Waals surface area contributed by atoms with Crippen LogP contribution in [0, 0.1) is 5.92 Å². The van der Waals surface area contributed by atoms with Crippen molar-refractivity contribution >= 4 is 0 Å².